The molecule has 0 fully saturated rings. The Labute approximate surface area is 622 Å². The zero-order valence-electron chi connectivity index (χ0n) is 58.4. The van der Waals surface area contributed by atoms with E-state index in [1.807, 2.05) is 73.3 Å². The van der Waals surface area contributed by atoms with Crippen LogP contribution in [-0.4, -0.2) is 144 Å². The maximum Gasteiger partial charge on any atom is 0.175 e. The Morgan fingerprint density at radius 3 is 0.704 bits per heavy atom. The van der Waals surface area contributed by atoms with Crippen LogP contribution < -0.4 is 18.9 Å². The number of aromatic nitrogens is 8. The van der Waals surface area contributed by atoms with Gasteiger partial charge in [-0.15, -0.1) is 0 Å². The van der Waals surface area contributed by atoms with Gasteiger partial charge >= 0.3 is 0 Å². The first-order valence-electron chi connectivity index (χ1n) is 34.8. The van der Waals surface area contributed by atoms with Crippen LogP contribution in [-0.2, 0) is 39.3 Å². The van der Waals surface area contributed by atoms with Crippen molar-refractivity contribution in [3.63, 3.8) is 0 Å². The predicted octanol–water partition coefficient (Wildman–Crippen LogP) is 10.4. The number of hydrogen-bond donors (Lipinski definition) is 4. The topological polar surface area (TPSA) is 326 Å². The third kappa shape index (κ3) is 12.1. The van der Waals surface area contributed by atoms with Gasteiger partial charge < -0.3 is 57.6 Å². The van der Waals surface area contributed by atoms with Crippen LogP contribution in [0.15, 0.2) is 240 Å². The van der Waals surface area contributed by atoms with Crippen molar-refractivity contribution in [1.82, 2.24) is 38.2 Å². The zero-order chi connectivity index (χ0) is 75.0. The van der Waals surface area contributed by atoms with Crippen molar-refractivity contribution < 1.29 is 73.0 Å². The van der Waals surface area contributed by atoms with Crippen LogP contribution in [0.2, 0.25) is 0 Å². The molecule has 8 aromatic carbocycles. The predicted molar refractivity (Wildman–Crippen MR) is 397 cm³/mol. The van der Waals surface area contributed by atoms with Crippen LogP contribution in [0.3, 0.4) is 0 Å². The van der Waals surface area contributed by atoms with E-state index in [9.17, 15) is 54.1 Å². The van der Waals surface area contributed by atoms with Gasteiger partial charge in [-0.05, 0) is 70.8 Å². The minimum atomic E-state index is -3.33. The highest BCUT2D eigenvalue weighted by molar-refractivity contribution is 7.91. The normalized spacial score (nSPS) is 23.3. The van der Waals surface area contributed by atoms with Gasteiger partial charge in [0.05, 0.1) is 167 Å². The molecule has 12 heterocycles. The van der Waals surface area contributed by atoms with Gasteiger partial charge in [0.2, 0.25) is 0 Å². The van der Waals surface area contributed by atoms with Gasteiger partial charge in [-0.1, -0.05) is 121 Å². The fraction of sp³-hybridized carbons (Fsp3) is 0.250. The van der Waals surface area contributed by atoms with Crippen molar-refractivity contribution in [2.75, 3.05) is 51.5 Å². The minimum Gasteiger partial charge on any atom is -0.493 e. The third-order valence-electron chi connectivity index (χ3n) is 22.0. The largest absolute Gasteiger partial charge is 0.493 e. The zero-order valence-corrected chi connectivity index (χ0v) is 61.7. The van der Waals surface area contributed by atoms with Gasteiger partial charge in [-0.3, -0.25) is 0 Å². The summed E-state index contributed by atoms with van der Waals surface area (Å²) in [4.78, 5) is 17.8. The van der Waals surface area contributed by atoms with Crippen LogP contribution in [0.5, 0.6) is 23.0 Å². The fourth-order valence-electron chi connectivity index (χ4n) is 16.8. The summed E-state index contributed by atoms with van der Waals surface area (Å²) >= 11 is 0. The lowest BCUT2D eigenvalue weighted by atomic mass is 9.84. The molecule has 20 rings (SSSR count). The number of imidazole rings is 4. The molecule has 0 amide bonds. The molecule has 8 aliphatic rings. The molecule has 12 atom stereocenters. The summed E-state index contributed by atoms with van der Waals surface area (Å²) in [5, 5.41) is 44.4. The summed E-state index contributed by atoms with van der Waals surface area (Å²) in [7, 11) is -13.3. The van der Waals surface area contributed by atoms with Crippen LogP contribution in [0.4, 0.5) is 0 Å². The molecule has 0 bridgehead atoms. The third-order valence-corrected chi connectivity index (χ3v) is 26.4. The Balaban J connectivity index is 0.000000105. The summed E-state index contributed by atoms with van der Waals surface area (Å²) < 4.78 is 126. The van der Waals surface area contributed by atoms with Gasteiger partial charge in [0, 0.05) is 93.2 Å². The van der Waals surface area contributed by atoms with Crippen LogP contribution in [0.25, 0.3) is 45.0 Å². The molecule has 0 saturated carbocycles. The molecule has 28 heteroatoms. The van der Waals surface area contributed by atoms with E-state index in [1.165, 1.54) is 48.5 Å². The highest BCUT2D eigenvalue weighted by Gasteiger charge is 2.47. The Hall–Kier alpha value is -10.6. The second kappa shape index (κ2) is 26.7. The molecule has 0 spiro atoms. The van der Waals surface area contributed by atoms with Crippen LogP contribution in [0.1, 0.15) is 93.1 Å². The van der Waals surface area contributed by atoms with Gasteiger partial charge in [0.15, 0.2) is 39.3 Å². The molecular weight excluding hydrogens is 1460 g/mol. The first-order chi connectivity index (χ1) is 51.8. The number of benzene rings is 8. The van der Waals surface area contributed by atoms with Crippen LogP contribution in [0, 0.1) is 23.7 Å². The molecule has 0 aliphatic carbocycles. The van der Waals surface area contributed by atoms with E-state index < -0.39 is 63.8 Å². The van der Waals surface area contributed by atoms with Crippen molar-refractivity contribution in [1.29, 1.82) is 0 Å². The van der Waals surface area contributed by atoms with Gasteiger partial charge in [-0.25, -0.2) is 53.6 Å². The standard InChI is InChI=1S/4C20H18N2O4S/c4*1-27(24,25)12-6-7-15-18(8-12)26-10-16(20(15)23)19-14-5-3-2-4-13(14)17-9-21-11-22(17)19/h4*2-9,11,16,19-20,23H,10H2,1H3/t2*16-,19+,20+;2*16-,19-,20-/m1010/s1. The van der Waals surface area contributed by atoms with Crippen LogP contribution >= 0.6 is 0 Å². The van der Waals surface area contributed by atoms with E-state index in [2.05, 4.69) is 86.7 Å². The second-order valence-electron chi connectivity index (χ2n) is 28.4. The molecule has 8 aliphatic heterocycles. The number of sulfone groups is 4. The number of fused-ring (bicyclic) bond motifs is 16. The second-order valence-corrected chi connectivity index (χ2v) is 36.5. The molecule has 552 valence electrons. The fourth-order valence-corrected chi connectivity index (χ4v) is 19.3. The molecule has 0 radical (unpaired) electrons. The lowest BCUT2D eigenvalue weighted by Gasteiger charge is -2.35. The van der Waals surface area contributed by atoms with Crippen molar-refractivity contribution in [2.45, 2.75) is 68.2 Å². The first-order valence-corrected chi connectivity index (χ1v) is 42.4. The molecular formula is C80H72N8O16S4. The number of rotatable bonds is 8. The van der Waals surface area contributed by atoms with E-state index in [4.69, 9.17) is 18.9 Å². The Morgan fingerprint density at radius 1 is 0.296 bits per heavy atom. The van der Waals surface area contributed by atoms with E-state index >= 15 is 0 Å². The monoisotopic (exact) mass is 1530 g/mol. The van der Waals surface area contributed by atoms with Crippen molar-refractivity contribution in [2.24, 2.45) is 23.7 Å². The number of aliphatic hydroxyl groups is 4. The number of nitrogens with zero attached hydrogens (tertiary/aromatic N) is 8. The smallest absolute Gasteiger partial charge is 0.175 e. The highest BCUT2D eigenvalue weighted by atomic mass is 32.2. The average Bonchev–Trinajstić information content (AvgIpc) is 1.57. The molecule has 4 N–H and O–H groups in total. The maximum atomic E-state index is 11.8. The van der Waals surface area contributed by atoms with Crippen molar-refractivity contribution in [3.05, 3.63) is 264 Å². The quantitative estimate of drug-likeness (QED) is 0.110. The first kappa shape index (κ1) is 70.4. The lowest BCUT2D eigenvalue weighted by molar-refractivity contribution is 0.0307. The molecule has 12 aromatic rings. The van der Waals surface area contributed by atoms with Gasteiger partial charge in [0.25, 0.3) is 0 Å². The van der Waals surface area contributed by atoms with Gasteiger partial charge in [0.1, 0.15) is 23.0 Å². The summed E-state index contributed by atoms with van der Waals surface area (Å²) in [6.07, 6.45) is 16.0. The maximum absolute atomic E-state index is 11.8. The Morgan fingerprint density at radius 2 is 0.500 bits per heavy atom. The summed E-state index contributed by atoms with van der Waals surface area (Å²) in [5.74, 6) is 0.878. The number of aliphatic hydroxyl groups excluding tert-OH is 4. The molecule has 0 unspecified atom stereocenters. The molecule has 0 saturated heterocycles. The Kier molecular flexibility index (Phi) is 17.4. The van der Waals surface area contributed by atoms with E-state index in [1.54, 1.807) is 49.6 Å². The summed E-state index contributed by atoms with van der Waals surface area (Å²) in [6.45, 7) is 1.16. The Bertz CT molecular complexity index is 5340. The SMILES string of the molecule is CS(=O)(=O)c1ccc2c(c1)OC[C@@H]([C@@H]1c3ccccc3-c3cncn31)[C@H]2O.CS(=O)(=O)c1ccc2c(c1)OC[C@@H]([C@H]1c3ccccc3-c3cncn31)[C@@H]2O.CS(=O)(=O)c1ccc2c(c1)OC[C@H]([C@@H]1c3ccccc3-c3cncn31)[C@H]2O.CS(=O)(=O)c1ccc2c(c1)OC[C@H]([C@H]1c3ccccc3-c3cncn31)[C@@H]2O. The molecule has 4 aromatic heterocycles. The van der Waals surface area contributed by atoms with E-state index in [-0.39, 0.29) is 93.8 Å². The summed E-state index contributed by atoms with van der Waals surface area (Å²) in [5.41, 5.74) is 15.6. The van der Waals surface area contributed by atoms with Crippen molar-refractivity contribution >= 4 is 39.3 Å². The molecule has 24 nitrogen and oxygen atoms in total. The number of ether oxygens (including phenoxy) is 4. The van der Waals surface area contributed by atoms with Gasteiger partial charge in [-0.2, -0.15) is 0 Å². The van der Waals surface area contributed by atoms with E-state index in [0.29, 0.717) is 45.3 Å². The lowest BCUT2D eigenvalue weighted by Crippen LogP contribution is -2.33. The van der Waals surface area contributed by atoms with Crippen molar-refractivity contribution in [3.8, 4) is 68.0 Å². The van der Waals surface area contributed by atoms with E-state index in [0.717, 1.165) is 92.3 Å². The summed E-state index contributed by atoms with van der Waals surface area (Å²) in [6, 6.07) is 50.8. The average molecular weight is 1530 g/mol. The number of hydrogen-bond acceptors (Lipinski definition) is 20. The minimum absolute atomic E-state index is 0.0866. The molecule has 108 heavy (non-hydrogen) atoms. The highest BCUT2D eigenvalue weighted by Crippen LogP contribution is 2.55.